The molecule has 1 aliphatic heterocycles. The van der Waals surface area contributed by atoms with Gasteiger partial charge in [0.05, 0.1) is 13.5 Å². The van der Waals surface area contributed by atoms with E-state index in [1.54, 1.807) is 7.11 Å². The van der Waals surface area contributed by atoms with Gasteiger partial charge in [-0.1, -0.05) is 31.2 Å². The Morgan fingerprint density at radius 1 is 1.39 bits per heavy atom. The largest absolute Gasteiger partial charge is 0.497 e. The molecular weight excluding hydrogens is 226 g/mol. The van der Waals surface area contributed by atoms with Crippen molar-refractivity contribution in [2.45, 2.75) is 13.3 Å². The molecule has 0 radical (unpaired) electrons. The number of ether oxygens (including phenoxy) is 1. The van der Waals surface area contributed by atoms with Gasteiger partial charge in [-0.3, -0.25) is 4.79 Å². The average Bonchev–Trinajstić information content (AvgIpc) is 2.39. The third-order valence-electron chi connectivity index (χ3n) is 3.17. The predicted octanol–water partition coefficient (Wildman–Crippen LogP) is 2.27. The van der Waals surface area contributed by atoms with Crippen LogP contribution >= 0.6 is 0 Å². The van der Waals surface area contributed by atoms with Gasteiger partial charge in [0.25, 0.3) is 0 Å². The lowest BCUT2D eigenvalue weighted by molar-refractivity contribution is -0.130. The van der Waals surface area contributed by atoms with Crippen LogP contribution in [0.25, 0.3) is 0 Å². The van der Waals surface area contributed by atoms with Crippen molar-refractivity contribution in [2.24, 2.45) is 5.92 Å². The van der Waals surface area contributed by atoms with Gasteiger partial charge in [-0.2, -0.15) is 0 Å². The maximum atomic E-state index is 12.1. The fraction of sp³-hybridized carbons (Fsp3) is 0.400. The van der Waals surface area contributed by atoms with Gasteiger partial charge in [0.2, 0.25) is 5.91 Å². The number of methoxy groups -OCH3 is 1. The van der Waals surface area contributed by atoms with Crippen LogP contribution in [0.4, 0.5) is 0 Å². The Labute approximate surface area is 108 Å². The fourth-order valence-electron chi connectivity index (χ4n) is 2.14. The van der Waals surface area contributed by atoms with E-state index in [1.807, 2.05) is 29.2 Å². The molecule has 2 rings (SSSR count). The summed E-state index contributed by atoms with van der Waals surface area (Å²) < 4.78 is 5.10. The molecule has 1 unspecified atom stereocenters. The third kappa shape index (κ3) is 3.13. The molecule has 1 aromatic carbocycles. The van der Waals surface area contributed by atoms with E-state index in [4.69, 9.17) is 4.74 Å². The second-order valence-electron chi connectivity index (χ2n) is 4.73. The first-order valence-corrected chi connectivity index (χ1v) is 6.26. The lowest BCUT2D eigenvalue weighted by Gasteiger charge is -2.27. The van der Waals surface area contributed by atoms with Gasteiger partial charge >= 0.3 is 0 Å². The number of rotatable bonds is 3. The molecular formula is C15H19NO2. The minimum Gasteiger partial charge on any atom is -0.497 e. The van der Waals surface area contributed by atoms with E-state index in [0.29, 0.717) is 12.3 Å². The van der Waals surface area contributed by atoms with E-state index in [0.717, 1.165) is 24.4 Å². The van der Waals surface area contributed by atoms with Gasteiger partial charge in [0.15, 0.2) is 0 Å². The Morgan fingerprint density at radius 2 is 2.11 bits per heavy atom. The van der Waals surface area contributed by atoms with E-state index < -0.39 is 0 Å². The van der Waals surface area contributed by atoms with Crippen molar-refractivity contribution in [3.63, 3.8) is 0 Å². The minimum atomic E-state index is 0.191. The Hall–Kier alpha value is -1.77. The van der Waals surface area contributed by atoms with Crippen molar-refractivity contribution in [3.8, 4) is 5.75 Å². The van der Waals surface area contributed by atoms with E-state index in [9.17, 15) is 4.79 Å². The molecule has 0 N–H and O–H groups in total. The Bertz CT molecular complexity index is 436. The highest BCUT2D eigenvalue weighted by molar-refractivity contribution is 5.79. The standard InChI is InChI=1S/C15H19NO2/c1-12-4-3-9-16(11-12)15(17)10-13-5-7-14(18-2)8-6-13/h3-8,12H,9-11H2,1-2H3. The van der Waals surface area contributed by atoms with Crippen molar-refractivity contribution < 1.29 is 9.53 Å². The van der Waals surface area contributed by atoms with Gasteiger partial charge in [0, 0.05) is 13.1 Å². The fourth-order valence-corrected chi connectivity index (χ4v) is 2.14. The summed E-state index contributed by atoms with van der Waals surface area (Å²) >= 11 is 0. The second kappa shape index (κ2) is 5.71. The van der Waals surface area contributed by atoms with E-state index in [2.05, 4.69) is 19.1 Å². The van der Waals surface area contributed by atoms with Gasteiger partial charge < -0.3 is 9.64 Å². The van der Waals surface area contributed by atoms with Crippen LogP contribution in [0.5, 0.6) is 5.75 Å². The van der Waals surface area contributed by atoms with E-state index in [1.165, 1.54) is 0 Å². The molecule has 1 atom stereocenters. The smallest absolute Gasteiger partial charge is 0.227 e. The van der Waals surface area contributed by atoms with Crippen molar-refractivity contribution >= 4 is 5.91 Å². The molecule has 0 saturated heterocycles. The molecule has 1 aliphatic rings. The minimum absolute atomic E-state index is 0.191. The van der Waals surface area contributed by atoms with Crippen LogP contribution in [-0.2, 0) is 11.2 Å². The highest BCUT2D eigenvalue weighted by Gasteiger charge is 2.17. The molecule has 1 aromatic rings. The summed E-state index contributed by atoms with van der Waals surface area (Å²) in [7, 11) is 1.64. The highest BCUT2D eigenvalue weighted by atomic mass is 16.5. The summed E-state index contributed by atoms with van der Waals surface area (Å²) in [6, 6.07) is 7.67. The van der Waals surface area contributed by atoms with Crippen molar-refractivity contribution in [3.05, 3.63) is 42.0 Å². The maximum Gasteiger partial charge on any atom is 0.227 e. The molecule has 0 spiro atoms. The average molecular weight is 245 g/mol. The van der Waals surface area contributed by atoms with Crippen LogP contribution < -0.4 is 4.74 Å². The molecule has 96 valence electrons. The second-order valence-corrected chi connectivity index (χ2v) is 4.73. The number of carbonyl (C=O) groups excluding carboxylic acids is 1. The van der Waals surface area contributed by atoms with Crippen LogP contribution in [0.2, 0.25) is 0 Å². The Kier molecular flexibility index (Phi) is 4.03. The van der Waals surface area contributed by atoms with Gasteiger partial charge in [0.1, 0.15) is 5.75 Å². The Balaban J connectivity index is 1.96. The number of carbonyl (C=O) groups is 1. The van der Waals surface area contributed by atoms with Crippen molar-refractivity contribution in [2.75, 3.05) is 20.2 Å². The molecule has 1 heterocycles. The molecule has 3 heteroatoms. The molecule has 3 nitrogen and oxygen atoms in total. The van der Waals surface area contributed by atoms with Crippen LogP contribution in [0, 0.1) is 5.92 Å². The summed E-state index contributed by atoms with van der Waals surface area (Å²) in [6.45, 7) is 3.69. The lowest BCUT2D eigenvalue weighted by Crippen LogP contribution is -2.37. The van der Waals surface area contributed by atoms with Crippen molar-refractivity contribution in [1.29, 1.82) is 0 Å². The van der Waals surface area contributed by atoms with Crippen LogP contribution in [0.3, 0.4) is 0 Å². The Morgan fingerprint density at radius 3 is 2.72 bits per heavy atom. The molecule has 0 bridgehead atoms. The molecule has 1 amide bonds. The summed E-state index contributed by atoms with van der Waals surface area (Å²) in [5, 5.41) is 0. The zero-order chi connectivity index (χ0) is 13.0. The van der Waals surface area contributed by atoms with Crippen LogP contribution in [-0.4, -0.2) is 31.0 Å². The maximum absolute atomic E-state index is 12.1. The quantitative estimate of drug-likeness (QED) is 0.765. The van der Waals surface area contributed by atoms with Gasteiger partial charge in [-0.05, 0) is 23.6 Å². The molecule has 0 aromatic heterocycles. The number of amides is 1. The third-order valence-corrected chi connectivity index (χ3v) is 3.17. The summed E-state index contributed by atoms with van der Waals surface area (Å²) in [4.78, 5) is 14.0. The lowest BCUT2D eigenvalue weighted by atomic mass is 10.1. The first-order chi connectivity index (χ1) is 8.69. The number of benzene rings is 1. The molecule has 18 heavy (non-hydrogen) atoms. The first-order valence-electron chi connectivity index (χ1n) is 6.26. The molecule has 0 saturated carbocycles. The number of hydrogen-bond acceptors (Lipinski definition) is 2. The molecule has 0 fully saturated rings. The first kappa shape index (κ1) is 12.7. The topological polar surface area (TPSA) is 29.5 Å². The summed E-state index contributed by atoms with van der Waals surface area (Å²) in [6.07, 6.45) is 4.70. The van der Waals surface area contributed by atoms with Crippen molar-refractivity contribution in [1.82, 2.24) is 4.90 Å². The van der Waals surface area contributed by atoms with E-state index in [-0.39, 0.29) is 5.91 Å². The van der Waals surface area contributed by atoms with Gasteiger partial charge in [-0.25, -0.2) is 0 Å². The normalized spacial score (nSPS) is 18.8. The summed E-state index contributed by atoms with van der Waals surface area (Å²) in [5.41, 5.74) is 1.03. The highest BCUT2D eigenvalue weighted by Crippen LogP contribution is 2.14. The van der Waals surface area contributed by atoms with Gasteiger partial charge in [-0.15, -0.1) is 0 Å². The predicted molar refractivity (Wildman–Crippen MR) is 71.6 cm³/mol. The molecule has 0 aliphatic carbocycles. The zero-order valence-electron chi connectivity index (χ0n) is 10.9. The number of nitrogens with zero attached hydrogens (tertiary/aromatic N) is 1. The van der Waals surface area contributed by atoms with Crippen LogP contribution in [0.15, 0.2) is 36.4 Å². The van der Waals surface area contributed by atoms with Crippen LogP contribution in [0.1, 0.15) is 12.5 Å². The number of hydrogen-bond donors (Lipinski definition) is 0. The van der Waals surface area contributed by atoms with E-state index >= 15 is 0 Å². The summed E-state index contributed by atoms with van der Waals surface area (Å²) in [5.74, 6) is 1.47. The zero-order valence-corrected chi connectivity index (χ0v) is 10.9. The monoisotopic (exact) mass is 245 g/mol. The SMILES string of the molecule is COc1ccc(CC(=O)N2CC=CC(C)C2)cc1.